The number of carbonyl (C=O) groups excluding carboxylic acids is 1. The van der Waals surface area contributed by atoms with Crippen molar-refractivity contribution in [1.82, 2.24) is 10.3 Å². The molecule has 122 valence electrons. The van der Waals surface area contributed by atoms with Crippen molar-refractivity contribution in [2.45, 2.75) is 19.4 Å². The van der Waals surface area contributed by atoms with Gasteiger partial charge in [0, 0.05) is 36.2 Å². The first-order valence-electron chi connectivity index (χ1n) is 8.49. The smallest absolute Gasteiger partial charge is 0.267 e. The Kier molecular flexibility index (Phi) is 3.95. The quantitative estimate of drug-likeness (QED) is 0.770. The lowest BCUT2D eigenvalue weighted by molar-refractivity contribution is 0.0947. The molecule has 4 heteroatoms. The molecule has 0 spiro atoms. The summed E-state index contributed by atoms with van der Waals surface area (Å²) in [5, 5.41) is 4.03. The molecule has 1 aliphatic rings. The van der Waals surface area contributed by atoms with Crippen molar-refractivity contribution in [2.24, 2.45) is 0 Å². The second-order valence-corrected chi connectivity index (χ2v) is 6.31. The van der Waals surface area contributed by atoms with Crippen LogP contribution >= 0.6 is 0 Å². The average molecular weight is 319 g/mol. The van der Waals surface area contributed by atoms with E-state index < -0.39 is 0 Å². The highest BCUT2D eigenvalue weighted by atomic mass is 16.1. The molecule has 1 saturated heterocycles. The highest BCUT2D eigenvalue weighted by Gasteiger charge is 2.12. The zero-order chi connectivity index (χ0) is 16.4. The normalized spacial score (nSPS) is 14.2. The van der Waals surface area contributed by atoms with Gasteiger partial charge in [-0.1, -0.05) is 30.3 Å². The number of nitrogens with one attached hydrogen (secondary N) is 2. The lowest BCUT2D eigenvalue weighted by atomic mass is 10.2. The summed E-state index contributed by atoms with van der Waals surface area (Å²) < 4.78 is 0. The number of fused-ring (bicyclic) bond motifs is 1. The van der Waals surface area contributed by atoms with Gasteiger partial charge in [-0.2, -0.15) is 0 Å². The average Bonchev–Trinajstić information content (AvgIpc) is 3.29. The van der Waals surface area contributed by atoms with Crippen LogP contribution in [-0.4, -0.2) is 24.0 Å². The Bertz CT molecular complexity index is 812. The molecule has 1 amide bonds. The first-order valence-corrected chi connectivity index (χ1v) is 8.49. The molecule has 3 aromatic rings. The van der Waals surface area contributed by atoms with E-state index in [2.05, 4.69) is 39.5 Å². The number of nitrogens with zero attached hydrogens (tertiary/aromatic N) is 1. The minimum Gasteiger partial charge on any atom is -0.372 e. The second kappa shape index (κ2) is 6.40. The Morgan fingerprint density at radius 3 is 2.54 bits per heavy atom. The van der Waals surface area contributed by atoms with Crippen LogP contribution in [0.1, 0.15) is 28.9 Å². The van der Waals surface area contributed by atoms with Crippen molar-refractivity contribution in [1.29, 1.82) is 0 Å². The number of rotatable bonds is 4. The summed E-state index contributed by atoms with van der Waals surface area (Å²) in [4.78, 5) is 17.9. The zero-order valence-electron chi connectivity index (χ0n) is 13.6. The molecule has 1 aliphatic heterocycles. The van der Waals surface area contributed by atoms with Crippen LogP contribution in [0.15, 0.2) is 54.6 Å². The molecule has 1 aromatic heterocycles. The molecule has 0 unspecified atom stereocenters. The number of para-hydroxylation sites is 1. The van der Waals surface area contributed by atoms with Crippen LogP contribution < -0.4 is 10.2 Å². The topological polar surface area (TPSA) is 48.1 Å². The lowest BCUT2D eigenvalue weighted by Gasteiger charge is -2.17. The maximum atomic E-state index is 12.3. The Balaban J connectivity index is 1.39. The van der Waals surface area contributed by atoms with E-state index in [1.807, 2.05) is 30.3 Å². The van der Waals surface area contributed by atoms with Gasteiger partial charge in [0.2, 0.25) is 0 Å². The number of amides is 1. The molecule has 1 fully saturated rings. The van der Waals surface area contributed by atoms with Crippen molar-refractivity contribution in [3.8, 4) is 0 Å². The first kappa shape index (κ1) is 14.8. The molecular formula is C20H21N3O. The molecule has 0 radical (unpaired) electrons. The number of hydrogen-bond donors (Lipinski definition) is 2. The van der Waals surface area contributed by atoms with Crippen LogP contribution in [0, 0.1) is 0 Å². The predicted octanol–water partition coefficient (Wildman–Crippen LogP) is 3.70. The van der Waals surface area contributed by atoms with E-state index in [1.165, 1.54) is 18.5 Å². The maximum Gasteiger partial charge on any atom is 0.267 e. The molecule has 0 aliphatic carbocycles. The third-order valence-corrected chi connectivity index (χ3v) is 4.64. The van der Waals surface area contributed by atoms with Gasteiger partial charge < -0.3 is 15.2 Å². The van der Waals surface area contributed by atoms with Gasteiger partial charge in [-0.3, -0.25) is 4.79 Å². The third kappa shape index (κ3) is 3.00. The number of carbonyl (C=O) groups is 1. The lowest BCUT2D eigenvalue weighted by Crippen LogP contribution is -2.23. The van der Waals surface area contributed by atoms with Gasteiger partial charge in [0.15, 0.2) is 0 Å². The number of aromatic amines is 1. The fraction of sp³-hybridized carbons (Fsp3) is 0.250. The van der Waals surface area contributed by atoms with Crippen molar-refractivity contribution < 1.29 is 4.79 Å². The highest BCUT2D eigenvalue weighted by Crippen LogP contribution is 2.20. The minimum absolute atomic E-state index is 0.0742. The molecule has 24 heavy (non-hydrogen) atoms. The number of hydrogen-bond acceptors (Lipinski definition) is 2. The van der Waals surface area contributed by atoms with E-state index in [9.17, 15) is 4.79 Å². The molecule has 2 heterocycles. The monoisotopic (exact) mass is 319 g/mol. The fourth-order valence-corrected chi connectivity index (χ4v) is 3.27. The van der Waals surface area contributed by atoms with Crippen molar-refractivity contribution in [3.63, 3.8) is 0 Å². The largest absolute Gasteiger partial charge is 0.372 e. The number of benzene rings is 2. The van der Waals surface area contributed by atoms with Crippen LogP contribution in [0.5, 0.6) is 0 Å². The zero-order valence-corrected chi connectivity index (χ0v) is 13.6. The SMILES string of the molecule is O=C(NCc1ccc(N2CCCC2)cc1)c1cc2ccccc2[nH]1. The van der Waals surface area contributed by atoms with E-state index in [4.69, 9.17) is 0 Å². The summed E-state index contributed by atoms with van der Waals surface area (Å²) in [5.74, 6) is -0.0742. The fourth-order valence-electron chi connectivity index (χ4n) is 3.27. The summed E-state index contributed by atoms with van der Waals surface area (Å²) in [7, 11) is 0. The predicted molar refractivity (Wildman–Crippen MR) is 97.4 cm³/mol. The maximum absolute atomic E-state index is 12.3. The minimum atomic E-state index is -0.0742. The number of H-pyrrole nitrogens is 1. The van der Waals surface area contributed by atoms with E-state index in [1.54, 1.807) is 0 Å². The van der Waals surface area contributed by atoms with Crippen LogP contribution in [0.25, 0.3) is 10.9 Å². The highest BCUT2D eigenvalue weighted by molar-refractivity contribution is 5.97. The van der Waals surface area contributed by atoms with Crippen molar-refractivity contribution >= 4 is 22.5 Å². The van der Waals surface area contributed by atoms with E-state index in [-0.39, 0.29) is 5.91 Å². The molecule has 2 N–H and O–H groups in total. The van der Waals surface area contributed by atoms with Crippen LogP contribution in [0.2, 0.25) is 0 Å². The van der Waals surface area contributed by atoms with Crippen LogP contribution in [-0.2, 0) is 6.54 Å². The summed E-state index contributed by atoms with van der Waals surface area (Å²) in [5.41, 5.74) is 3.98. The van der Waals surface area contributed by atoms with E-state index in [0.29, 0.717) is 12.2 Å². The molecular weight excluding hydrogens is 298 g/mol. The Labute approximate surface area is 141 Å². The number of anilines is 1. The molecule has 0 saturated carbocycles. The van der Waals surface area contributed by atoms with Gasteiger partial charge in [0.25, 0.3) is 5.91 Å². The Morgan fingerprint density at radius 2 is 1.79 bits per heavy atom. The molecule has 4 nitrogen and oxygen atoms in total. The summed E-state index contributed by atoms with van der Waals surface area (Å²) in [6.07, 6.45) is 2.56. The molecule has 4 rings (SSSR count). The van der Waals surface area contributed by atoms with Gasteiger partial charge in [0.1, 0.15) is 5.69 Å². The number of aromatic nitrogens is 1. The van der Waals surface area contributed by atoms with Gasteiger partial charge in [-0.15, -0.1) is 0 Å². The standard InChI is InChI=1S/C20H21N3O/c24-20(19-13-16-5-1-2-6-18(16)22-19)21-14-15-7-9-17(10-8-15)23-11-3-4-12-23/h1-2,5-10,13,22H,3-4,11-12,14H2,(H,21,24). The van der Waals surface area contributed by atoms with E-state index >= 15 is 0 Å². The molecule has 0 bridgehead atoms. The molecule has 0 atom stereocenters. The summed E-state index contributed by atoms with van der Waals surface area (Å²) in [6.45, 7) is 2.83. The van der Waals surface area contributed by atoms with Crippen molar-refractivity contribution in [3.05, 3.63) is 65.9 Å². The van der Waals surface area contributed by atoms with Crippen LogP contribution in [0.3, 0.4) is 0 Å². The van der Waals surface area contributed by atoms with Gasteiger partial charge >= 0.3 is 0 Å². The van der Waals surface area contributed by atoms with Crippen LogP contribution in [0.4, 0.5) is 5.69 Å². The van der Waals surface area contributed by atoms with Gasteiger partial charge in [0.05, 0.1) is 0 Å². The van der Waals surface area contributed by atoms with E-state index in [0.717, 1.165) is 29.6 Å². The summed E-state index contributed by atoms with van der Waals surface area (Å²) in [6, 6.07) is 18.3. The molecule has 2 aromatic carbocycles. The second-order valence-electron chi connectivity index (χ2n) is 6.31. The van der Waals surface area contributed by atoms with Crippen molar-refractivity contribution in [2.75, 3.05) is 18.0 Å². The summed E-state index contributed by atoms with van der Waals surface area (Å²) >= 11 is 0. The Morgan fingerprint density at radius 1 is 1.04 bits per heavy atom. The van der Waals surface area contributed by atoms with Gasteiger partial charge in [-0.05, 0) is 42.7 Å². The first-order chi connectivity index (χ1) is 11.8. The Hall–Kier alpha value is -2.75. The third-order valence-electron chi connectivity index (χ3n) is 4.64. The van der Waals surface area contributed by atoms with Gasteiger partial charge in [-0.25, -0.2) is 0 Å².